The molecule has 0 saturated carbocycles. The molecular formula is C23H24N4O2S. The van der Waals surface area contributed by atoms with Crippen LogP contribution in [-0.2, 0) is 19.7 Å². The molecule has 1 N–H and O–H groups in total. The molecule has 2 aromatic heterocycles. The van der Waals surface area contributed by atoms with E-state index in [0.717, 1.165) is 34.2 Å². The summed E-state index contributed by atoms with van der Waals surface area (Å²) in [5.74, 6) is 1.50. The van der Waals surface area contributed by atoms with Crippen molar-refractivity contribution in [1.29, 1.82) is 0 Å². The number of nitrogens with one attached hydrogen (secondary N) is 1. The van der Waals surface area contributed by atoms with Gasteiger partial charge in [-0.1, -0.05) is 29.8 Å². The van der Waals surface area contributed by atoms with Gasteiger partial charge in [0.15, 0.2) is 0 Å². The van der Waals surface area contributed by atoms with Crippen molar-refractivity contribution in [3.63, 3.8) is 0 Å². The second-order valence-corrected chi connectivity index (χ2v) is 8.15. The van der Waals surface area contributed by atoms with E-state index < -0.39 is 0 Å². The summed E-state index contributed by atoms with van der Waals surface area (Å²) in [7, 11) is 0. The number of para-hydroxylation sites is 2. The number of amides is 1. The minimum absolute atomic E-state index is 0.138. The number of imidazole rings is 1. The van der Waals surface area contributed by atoms with Crippen molar-refractivity contribution in [2.75, 3.05) is 0 Å². The van der Waals surface area contributed by atoms with Crippen LogP contribution in [0.4, 0.5) is 0 Å². The van der Waals surface area contributed by atoms with Crippen LogP contribution in [0.25, 0.3) is 11.0 Å². The number of aromatic nitrogens is 3. The topological polar surface area (TPSA) is 69.0 Å². The number of hydrogen-bond acceptors (Lipinski definition) is 5. The Morgan fingerprint density at radius 1 is 1.10 bits per heavy atom. The molecule has 2 heterocycles. The molecule has 0 aliphatic carbocycles. The van der Waals surface area contributed by atoms with Gasteiger partial charge in [0.05, 0.1) is 23.3 Å². The third-order valence-corrected chi connectivity index (χ3v) is 6.02. The summed E-state index contributed by atoms with van der Waals surface area (Å²) in [5.41, 5.74) is 3.91. The van der Waals surface area contributed by atoms with Gasteiger partial charge in [-0.15, -0.1) is 11.3 Å². The summed E-state index contributed by atoms with van der Waals surface area (Å²) >= 11 is 1.36. The van der Waals surface area contributed by atoms with E-state index in [0.29, 0.717) is 23.7 Å². The van der Waals surface area contributed by atoms with Crippen LogP contribution in [0.1, 0.15) is 38.7 Å². The first-order valence-corrected chi connectivity index (χ1v) is 10.7. The number of benzene rings is 2. The minimum Gasteiger partial charge on any atom is -0.486 e. The Labute approximate surface area is 179 Å². The first-order chi connectivity index (χ1) is 14.5. The van der Waals surface area contributed by atoms with E-state index in [1.165, 1.54) is 16.9 Å². The number of hydrogen-bond donors (Lipinski definition) is 1. The van der Waals surface area contributed by atoms with Crippen molar-refractivity contribution in [2.45, 2.75) is 40.5 Å². The molecule has 6 nitrogen and oxygen atoms in total. The second-order valence-electron chi connectivity index (χ2n) is 7.07. The quantitative estimate of drug-likeness (QED) is 0.473. The number of fused-ring (bicyclic) bond motifs is 1. The Balaban J connectivity index is 1.42. The average Bonchev–Trinajstić information content (AvgIpc) is 3.31. The monoisotopic (exact) mass is 420 g/mol. The Kier molecular flexibility index (Phi) is 5.81. The van der Waals surface area contributed by atoms with Gasteiger partial charge in [0, 0.05) is 6.54 Å². The lowest BCUT2D eigenvalue weighted by Crippen LogP contribution is -2.24. The number of carbonyl (C=O) groups excluding carboxylic acids is 1. The molecule has 0 spiro atoms. The van der Waals surface area contributed by atoms with Gasteiger partial charge in [0.2, 0.25) is 0 Å². The average molecular weight is 421 g/mol. The fourth-order valence-corrected chi connectivity index (χ4v) is 4.25. The Bertz CT molecular complexity index is 1180. The summed E-state index contributed by atoms with van der Waals surface area (Å²) < 4.78 is 7.91. The molecule has 0 aliphatic rings. The van der Waals surface area contributed by atoms with Gasteiger partial charge >= 0.3 is 0 Å². The molecule has 0 fully saturated rings. The molecule has 0 unspecified atom stereocenters. The van der Waals surface area contributed by atoms with Gasteiger partial charge in [-0.25, -0.2) is 9.97 Å². The van der Waals surface area contributed by atoms with Gasteiger partial charge in [-0.2, -0.15) is 0 Å². The number of rotatable bonds is 7. The molecule has 4 rings (SSSR count). The van der Waals surface area contributed by atoms with Crippen LogP contribution < -0.4 is 10.1 Å². The van der Waals surface area contributed by atoms with Crippen LogP contribution in [0.3, 0.4) is 0 Å². The van der Waals surface area contributed by atoms with Crippen LogP contribution in [0.2, 0.25) is 0 Å². The summed E-state index contributed by atoms with van der Waals surface area (Å²) in [5, 5.41) is 3.77. The molecule has 2 aromatic carbocycles. The van der Waals surface area contributed by atoms with Crippen molar-refractivity contribution in [3.05, 3.63) is 75.5 Å². The zero-order valence-electron chi connectivity index (χ0n) is 17.3. The predicted octanol–water partition coefficient (Wildman–Crippen LogP) is 4.64. The lowest BCUT2D eigenvalue weighted by atomic mass is 10.2. The van der Waals surface area contributed by atoms with Gasteiger partial charge in [-0.05, 0) is 45.0 Å². The largest absolute Gasteiger partial charge is 0.486 e. The number of ether oxygens (including phenoxy) is 1. The summed E-state index contributed by atoms with van der Waals surface area (Å²) in [6.07, 6.45) is 0. The third-order valence-electron chi connectivity index (χ3n) is 4.89. The lowest BCUT2D eigenvalue weighted by Gasteiger charge is -2.07. The Hall–Kier alpha value is -3.19. The van der Waals surface area contributed by atoms with Crippen LogP contribution >= 0.6 is 11.3 Å². The van der Waals surface area contributed by atoms with E-state index >= 15 is 0 Å². The summed E-state index contributed by atoms with van der Waals surface area (Å²) in [4.78, 5) is 22.5. The van der Waals surface area contributed by atoms with E-state index in [1.807, 2.05) is 62.4 Å². The van der Waals surface area contributed by atoms with E-state index in [2.05, 4.69) is 26.8 Å². The van der Waals surface area contributed by atoms with Crippen LogP contribution in [-0.4, -0.2) is 20.4 Å². The van der Waals surface area contributed by atoms with Crippen LogP contribution in [0, 0.1) is 13.8 Å². The van der Waals surface area contributed by atoms with Gasteiger partial charge < -0.3 is 14.6 Å². The molecule has 0 aliphatic heterocycles. The first-order valence-electron chi connectivity index (χ1n) is 9.93. The standard InChI is InChI=1S/C23H24N4O2S/c1-4-27-19-8-6-5-7-18(19)26-20(27)13-24-23(28)22-16(3)25-21(30-22)14-29-17-11-9-15(2)10-12-17/h5-12H,4,13-14H2,1-3H3,(H,24,28). The normalized spacial score (nSPS) is 11.0. The molecule has 0 saturated heterocycles. The molecule has 0 radical (unpaired) electrons. The maximum Gasteiger partial charge on any atom is 0.263 e. The number of thiazole rings is 1. The highest BCUT2D eigenvalue weighted by Crippen LogP contribution is 2.21. The van der Waals surface area contributed by atoms with E-state index in [-0.39, 0.29) is 5.91 Å². The zero-order chi connectivity index (χ0) is 21.1. The molecule has 0 bridgehead atoms. The predicted molar refractivity (Wildman–Crippen MR) is 119 cm³/mol. The van der Waals surface area contributed by atoms with Crippen molar-refractivity contribution < 1.29 is 9.53 Å². The van der Waals surface area contributed by atoms with Gasteiger partial charge in [-0.3, -0.25) is 4.79 Å². The number of nitrogens with zero attached hydrogens (tertiary/aromatic N) is 3. The highest BCUT2D eigenvalue weighted by atomic mass is 32.1. The maximum absolute atomic E-state index is 12.8. The third kappa shape index (κ3) is 4.21. The highest BCUT2D eigenvalue weighted by molar-refractivity contribution is 7.13. The molecule has 0 atom stereocenters. The first kappa shape index (κ1) is 20.1. The smallest absolute Gasteiger partial charge is 0.263 e. The molecule has 30 heavy (non-hydrogen) atoms. The molecular weight excluding hydrogens is 396 g/mol. The highest BCUT2D eigenvalue weighted by Gasteiger charge is 2.17. The Morgan fingerprint density at radius 3 is 2.63 bits per heavy atom. The van der Waals surface area contributed by atoms with Crippen molar-refractivity contribution in [1.82, 2.24) is 19.9 Å². The number of aryl methyl sites for hydroxylation is 3. The van der Waals surface area contributed by atoms with Gasteiger partial charge in [0.1, 0.15) is 28.1 Å². The fraction of sp³-hybridized carbons (Fsp3) is 0.261. The van der Waals surface area contributed by atoms with E-state index in [1.54, 1.807) is 0 Å². The molecule has 4 aromatic rings. The van der Waals surface area contributed by atoms with Crippen LogP contribution in [0.5, 0.6) is 5.75 Å². The fourth-order valence-electron chi connectivity index (χ4n) is 3.36. The molecule has 154 valence electrons. The minimum atomic E-state index is -0.138. The second kappa shape index (κ2) is 8.67. The number of carbonyl (C=O) groups is 1. The van der Waals surface area contributed by atoms with Crippen molar-refractivity contribution >= 4 is 28.3 Å². The Morgan fingerprint density at radius 2 is 1.87 bits per heavy atom. The van der Waals surface area contributed by atoms with Crippen LogP contribution in [0.15, 0.2) is 48.5 Å². The van der Waals surface area contributed by atoms with E-state index in [9.17, 15) is 4.79 Å². The van der Waals surface area contributed by atoms with Crippen molar-refractivity contribution in [2.24, 2.45) is 0 Å². The SMILES string of the molecule is CCn1c(CNC(=O)c2sc(COc3ccc(C)cc3)nc2C)nc2ccccc21. The molecule has 1 amide bonds. The maximum atomic E-state index is 12.8. The van der Waals surface area contributed by atoms with Gasteiger partial charge in [0.25, 0.3) is 5.91 Å². The van der Waals surface area contributed by atoms with Crippen molar-refractivity contribution in [3.8, 4) is 5.75 Å². The zero-order valence-corrected chi connectivity index (χ0v) is 18.1. The summed E-state index contributed by atoms with van der Waals surface area (Å²) in [6, 6.07) is 15.9. The summed E-state index contributed by atoms with van der Waals surface area (Å²) in [6.45, 7) is 7.47. The van der Waals surface area contributed by atoms with E-state index in [4.69, 9.17) is 4.74 Å². The molecule has 7 heteroatoms. The lowest BCUT2D eigenvalue weighted by molar-refractivity contribution is 0.0953.